The highest BCUT2D eigenvalue weighted by Crippen LogP contribution is 2.33. The zero-order chi connectivity index (χ0) is 21.8. The molecule has 0 atom stereocenters. The second kappa shape index (κ2) is 9.43. The number of carbonyl (C=O) groups is 1. The van der Waals surface area contributed by atoms with Crippen molar-refractivity contribution in [3.63, 3.8) is 0 Å². The van der Waals surface area contributed by atoms with E-state index in [1.807, 2.05) is 24.3 Å². The molecule has 5 nitrogen and oxygen atoms in total. The summed E-state index contributed by atoms with van der Waals surface area (Å²) < 4.78 is 0. The Hall–Kier alpha value is -3.34. The van der Waals surface area contributed by atoms with E-state index in [1.54, 1.807) is 6.20 Å². The van der Waals surface area contributed by atoms with Crippen molar-refractivity contribution in [2.24, 2.45) is 0 Å². The van der Waals surface area contributed by atoms with Crippen LogP contribution in [0.15, 0.2) is 54.7 Å². The summed E-state index contributed by atoms with van der Waals surface area (Å²) in [7, 11) is 0. The largest absolute Gasteiger partial charge is 0.384 e. The van der Waals surface area contributed by atoms with Crippen molar-refractivity contribution in [2.75, 3.05) is 18.4 Å². The number of anilines is 1. The summed E-state index contributed by atoms with van der Waals surface area (Å²) >= 11 is 0. The number of amides is 1. The molecule has 2 heterocycles. The van der Waals surface area contributed by atoms with E-state index in [-0.39, 0.29) is 5.91 Å². The predicted molar refractivity (Wildman–Crippen MR) is 131 cm³/mol. The molecular formula is C27H30N4O. The van der Waals surface area contributed by atoms with Gasteiger partial charge in [-0.1, -0.05) is 36.4 Å². The number of unbranched alkanes of at least 4 members (excludes halogenated alkanes) is 2. The zero-order valence-corrected chi connectivity index (χ0v) is 18.4. The van der Waals surface area contributed by atoms with Gasteiger partial charge in [0.05, 0.1) is 11.1 Å². The average Bonchev–Trinajstić information content (AvgIpc) is 3.27. The third-order valence-electron chi connectivity index (χ3n) is 6.44. The molecule has 164 valence electrons. The highest BCUT2D eigenvalue weighted by atomic mass is 16.1. The fourth-order valence-corrected chi connectivity index (χ4v) is 4.77. The van der Waals surface area contributed by atoms with Crippen LogP contribution in [-0.2, 0) is 12.8 Å². The molecule has 0 unspecified atom stereocenters. The van der Waals surface area contributed by atoms with Crippen LogP contribution in [0.5, 0.6) is 0 Å². The number of H-pyrrole nitrogens is 1. The van der Waals surface area contributed by atoms with Gasteiger partial charge in [0.15, 0.2) is 0 Å². The van der Waals surface area contributed by atoms with Gasteiger partial charge in [-0.25, -0.2) is 0 Å². The predicted octanol–water partition coefficient (Wildman–Crippen LogP) is 5.61. The number of nitrogens with one attached hydrogen (secondary N) is 3. The quantitative estimate of drug-likeness (QED) is 0.321. The first kappa shape index (κ1) is 20.6. The van der Waals surface area contributed by atoms with Gasteiger partial charge in [0, 0.05) is 47.0 Å². The van der Waals surface area contributed by atoms with Crippen molar-refractivity contribution in [1.29, 1.82) is 0 Å². The molecule has 2 aromatic heterocycles. The Bertz CT molecular complexity index is 1240. The summed E-state index contributed by atoms with van der Waals surface area (Å²) in [5.74, 6) is -0.00421. The van der Waals surface area contributed by atoms with E-state index in [0.29, 0.717) is 6.54 Å². The molecule has 0 saturated carbocycles. The maximum Gasteiger partial charge on any atom is 0.253 e. The van der Waals surface area contributed by atoms with Gasteiger partial charge < -0.3 is 15.6 Å². The third-order valence-corrected chi connectivity index (χ3v) is 6.44. The fraction of sp³-hybridized carbons (Fsp3) is 0.333. The topological polar surface area (TPSA) is 69.8 Å². The second-order valence-electron chi connectivity index (χ2n) is 8.63. The number of pyridine rings is 1. The smallest absolute Gasteiger partial charge is 0.253 e. The Kier molecular flexibility index (Phi) is 6.06. The number of aromatic nitrogens is 2. The van der Waals surface area contributed by atoms with E-state index in [9.17, 15) is 4.79 Å². The maximum atomic E-state index is 12.5. The molecule has 3 N–H and O–H groups in total. The van der Waals surface area contributed by atoms with Gasteiger partial charge in [-0.2, -0.15) is 0 Å². The minimum absolute atomic E-state index is 0.00421. The molecule has 32 heavy (non-hydrogen) atoms. The molecule has 2 aromatic carbocycles. The molecule has 1 aliphatic rings. The third kappa shape index (κ3) is 4.20. The van der Waals surface area contributed by atoms with Gasteiger partial charge in [-0.3, -0.25) is 9.78 Å². The SMILES string of the molecule is O=C(NCCCCCNc1c2c(nc3ccccc13)CCCC2)c1c[nH]c2ccccc12. The van der Waals surface area contributed by atoms with Gasteiger partial charge in [-0.05, 0) is 62.6 Å². The first-order chi connectivity index (χ1) is 15.8. The van der Waals surface area contributed by atoms with E-state index in [0.717, 1.165) is 60.6 Å². The van der Waals surface area contributed by atoms with Crippen LogP contribution in [-0.4, -0.2) is 29.0 Å². The number of hydrogen-bond acceptors (Lipinski definition) is 3. The summed E-state index contributed by atoms with van der Waals surface area (Å²) in [5.41, 5.74) is 6.79. The second-order valence-corrected chi connectivity index (χ2v) is 8.63. The van der Waals surface area contributed by atoms with Crippen molar-refractivity contribution >= 4 is 33.4 Å². The highest BCUT2D eigenvalue weighted by Gasteiger charge is 2.17. The molecule has 0 bridgehead atoms. The van der Waals surface area contributed by atoms with Crippen LogP contribution >= 0.6 is 0 Å². The van der Waals surface area contributed by atoms with E-state index >= 15 is 0 Å². The van der Waals surface area contributed by atoms with Crippen molar-refractivity contribution in [2.45, 2.75) is 44.9 Å². The molecule has 0 fully saturated rings. The standard InChI is InChI=1S/C27H30N4O/c32-27(22-18-30-23-13-5-2-10-19(22)23)29-17-9-1-8-16-28-26-20-11-3-6-14-24(20)31-25-15-7-4-12-21(25)26/h2-3,5-6,10-11,13-14,18,30H,1,4,7-9,12,15-17H2,(H,28,31)(H,29,32). The molecule has 0 saturated heterocycles. The van der Waals surface area contributed by atoms with Gasteiger partial charge >= 0.3 is 0 Å². The number of rotatable bonds is 8. The number of para-hydroxylation sites is 2. The monoisotopic (exact) mass is 426 g/mol. The lowest BCUT2D eigenvalue weighted by atomic mass is 9.92. The van der Waals surface area contributed by atoms with Crippen LogP contribution in [0.25, 0.3) is 21.8 Å². The number of aromatic amines is 1. The van der Waals surface area contributed by atoms with E-state index in [2.05, 4.69) is 39.9 Å². The Balaban J connectivity index is 1.12. The molecule has 5 heteroatoms. The Morgan fingerprint density at radius 2 is 1.69 bits per heavy atom. The molecule has 5 rings (SSSR count). The summed E-state index contributed by atoms with van der Waals surface area (Å²) in [5, 5.41) is 9.00. The van der Waals surface area contributed by atoms with E-state index < -0.39 is 0 Å². The lowest BCUT2D eigenvalue weighted by molar-refractivity contribution is 0.0954. The van der Waals surface area contributed by atoms with Crippen LogP contribution in [0.3, 0.4) is 0 Å². The maximum absolute atomic E-state index is 12.5. The van der Waals surface area contributed by atoms with Crippen LogP contribution in [0.1, 0.15) is 53.7 Å². The van der Waals surface area contributed by atoms with Crippen LogP contribution in [0.4, 0.5) is 5.69 Å². The van der Waals surface area contributed by atoms with Crippen LogP contribution in [0.2, 0.25) is 0 Å². The number of aryl methyl sites for hydroxylation is 1. The number of hydrogen-bond donors (Lipinski definition) is 3. The zero-order valence-electron chi connectivity index (χ0n) is 18.4. The minimum atomic E-state index is -0.00421. The van der Waals surface area contributed by atoms with Gasteiger partial charge in [0.25, 0.3) is 5.91 Å². The number of fused-ring (bicyclic) bond motifs is 3. The van der Waals surface area contributed by atoms with Crippen LogP contribution < -0.4 is 10.6 Å². The molecular weight excluding hydrogens is 396 g/mol. The molecule has 0 aliphatic heterocycles. The Labute approximate surface area is 188 Å². The minimum Gasteiger partial charge on any atom is -0.384 e. The van der Waals surface area contributed by atoms with Crippen molar-refractivity contribution in [3.8, 4) is 0 Å². The lowest BCUT2D eigenvalue weighted by Crippen LogP contribution is -2.24. The average molecular weight is 427 g/mol. The summed E-state index contributed by atoms with van der Waals surface area (Å²) in [6.45, 7) is 1.64. The van der Waals surface area contributed by atoms with Crippen LogP contribution in [0, 0.1) is 0 Å². The first-order valence-corrected chi connectivity index (χ1v) is 11.8. The van der Waals surface area contributed by atoms with Crippen molar-refractivity contribution < 1.29 is 4.79 Å². The molecule has 0 spiro atoms. The molecule has 1 amide bonds. The normalized spacial score (nSPS) is 13.2. The lowest BCUT2D eigenvalue weighted by Gasteiger charge is -2.21. The Morgan fingerprint density at radius 1 is 0.906 bits per heavy atom. The highest BCUT2D eigenvalue weighted by molar-refractivity contribution is 6.06. The van der Waals surface area contributed by atoms with Crippen molar-refractivity contribution in [3.05, 3.63) is 71.5 Å². The number of benzene rings is 2. The van der Waals surface area contributed by atoms with E-state index in [1.165, 1.54) is 35.2 Å². The number of nitrogens with zero attached hydrogens (tertiary/aromatic N) is 1. The van der Waals surface area contributed by atoms with Crippen molar-refractivity contribution in [1.82, 2.24) is 15.3 Å². The number of carbonyl (C=O) groups excluding carboxylic acids is 1. The van der Waals surface area contributed by atoms with Gasteiger partial charge in [0.2, 0.25) is 0 Å². The molecule has 1 aliphatic carbocycles. The Morgan fingerprint density at radius 3 is 2.62 bits per heavy atom. The summed E-state index contributed by atoms with van der Waals surface area (Å²) in [6, 6.07) is 16.4. The summed E-state index contributed by atoms with van der Waals surface area (Å²) in [4.78, 5) is 20.6. The molecule has 0 radical (unpaired) electrons. The summed E-state index contributed by atoms with van der Waals surface area (Å²) in [6.07, 6.45) is 9.62. The fourth-order valence-electron chi connectivity index (χ4n) is 4.77. The first-order valence-electron chi connectivity index (χ1n) is 11.8. The van der Waals surface area contributed by atoms with Gasteiger partial charge in [-0.15, -0.1) is 0 Å². The molecule has 4 aromatic rings. The van der Waals surface area contributed by atoms with E-state index in [4.69, 9.17) is 4.98 Å². The van der Waals surface area contributed by atoms with Gasteiger partial charge in [0.1, 0.15) is 0 Å².